The molecule has 0 saturated carbocycles. The number of fused-ring (bicyclic) bond motifs is 1. The van der Waals surface area contributed by atoms with E-state index in [0.717, 1.165) is 24.0 Å². The SMILES string of the molecule is Cn1cc2c(c1Cl)CCC2(CN)CC(=O)O. The molecule has 1 unspecified atom stereocenters. The Bertz CT molecular complexity index is 441. The highest BCUT2D eigenvalue weighted by molar-refractivity contribution is 6.30. The van der Waals surface area contributed by atoms with Gasteiger partial charge in [0.05, 0.1) is 6.42 Å². The summed E-state index contributed by atoms with van der Waals surface area (Å²) in [6.45, 7) is 0.354. The molecule has 1 heterocycles. The van der Waals surface area contributed by atoms with E-state index in [9.17, 15) is 4.79 Å². The first-order valence-electron chi connectivity index (χ1n) is 5.26. The van der Waals surface area contributed by atoms with Crippen molar-refractivity contribution in [3.05, 3.63) is 22.5 Å². The fourth-order valence-electron chi connectivity index (χ4n) is 2.60. The van der Waals surface area contributed by atoms with Crippen LogP contribution >= 0.6 is 11.6 Å². The molecule has 16 heavy (non-hydrogen) atoms. The Morgan fingerprint density at radius 3 is 3.00 bits per heavy atom. The van der Waals surface area contributed by atoms with E-state index in [4.69, 9.17) is 22.4 Å². The second-order valence-corrected chi connectivity index (χ2v) is 4.84. The summed E-state index contributed by atoms with van der Waals surface area (Å²) >= 11 is 6.15. The van der Waals surface area contributed by atoms with Crippen LogP contribution in [0.5, 0.6) is 0 Å². The molecule has 0 bridgehead atoms. The van der Waals surface area contributed by atoms with Gasteiger partial charge in [-0.15, -0.1) is 0 Å². The maximum Gasteiger partial charge on any atom is 0.304 e. The predicted octanol–water partition coefficient (Wildman–Crippen LogP) is 1.30. The molecule has 1 aliphatic rings. The van der Waals surface area contributed by atoms with E-state index in [1.807, 2.05) is 17.8 Å². The number of carbonyl (C=O) groups is 1. The molecule has 0 saturated heterocycles. The molecule has 0 aliphatic heterocycles. The Kier molecular flexibility index (Phi) is 2.72. The van der Waals surface area contributed by atoms with Gasteiger partial charge in [-0.3, -0.25) is 4.79 Å². The number of hydrogen-bond acceptors (Lipinski definition) is 2. The molecule has 0 radical (unpaired) electrons. The Balaban J connectivity index is 2.46. The van der Waals surface area contributed by atoms with E-state index in [1.54, 1.807) is 0 Å². The first-order valence-corrected chi connectivity index (χ1v) is 5.64. The minimum Gasteiger partial charge on any atom is -0.481 e. The van der Waals surface area contributed by atoms with Gasteiger partial charge in [-0.25, -0.2) is 0 Å². The highest BCUT2D eigenvalue weighted by Gasteiger charge is 2.41. The molecule has 1 aliphatic carbocycles. The van der Waals surface area contributed by atoms with Crippen molar-refractivity contribution >= 4 is 17.6 Å². The van der Waals surface area contributed by atoms with Crippen LogP contribution in [0.25, 0.3) is 0 Å². The Morgan fingerprint density at radius 1 is 1.75 bits per heavy atom. The molecule has 1 atom stereocenters. The van der Waals surface area contributed by atoms with E-state index in [-0.39, 0.29) is 6.42 Å². The third kappa shape index (κ3) is 1.53. The molecule has 0 fully saturated rings. The first kappa shape index (κ1) is 11.5. The van der Waals surface area contributed by atoms with Gasteiger partial charge in [-0.05, 0) is 24.0 Å². The molecule has 5 heteroatoms. The molecule has 0 amide bonds. The van der Waals surface area contributed by atoms with Crippen LogP contribution in [0.1, 0.15) is 24.0 Å². The molecule has 0 aromatic carbocycles. The summed E-state index contributed by atoms with van der Waals surface area (Å²) in [7, 11) is 1.86. The number of hydrogen-bond donors (Lipinski definition) is 2. The average Bonchev–Trinajstić information content (AvgIpc) is 2.69. The van der Waals surface area contributed by atoms with Gasteiger partial charge < -0.3 is 15.4 Å². The number of nitrogens with zero attached hydrogens (tertiary/aromatic N) is 1. The lowest BCUT2D eigenvalue weighted by Crippen LogP contribution is -2.35. The van der Waals surface area contributed by atoms with Crippen molar-refractivity contribution in [2.45, 2.75) is 24.7 Å². The van der Waals surface area contributed by atoms with Gasteiger partial charge in [-0.2, -0.15) is 0 Å². The average molecular weight is 243 g/mol. The van der Waals surface area contributed by atoms with Crippen LogP contribution < -0.4 is 5.73 Å². The predicted molar refractivity (Wildman–Crippen MR) is 61.7 cm³/mol. The standard InChI is InChI=1S/C11H15ClN2O2/c1-14-5-8-7(10(14)12)2-3-11(8,6-13)4-9(15)16/h5H,2-4,6,13H2,1H3,(H,15,16). The minimum atomic E-state index is -0.807. The monoisotopic (exact) mass is 242 g/mol. The van der Waals surface area contributed by atoms with E-state index in [1.165, 1.54) is 0 Å². The van der Waals surface area contributed by atoms with Gasteiger partial charge in [-0.1, -0.05) is 11.6 Å². The summed E-state index contributed by atoms with van der Waals surface area (Å²) in [5.41, 5.74) is 7.44. The van der Waals surface area contributed by atoms with Gasteiger partial charge >= 0.3 is 5.97 Å². The molecule has 1 aromatic rings. The van der Waals surface area contributed by atoms with Gasteiger partial charge in [0.25, 0.3) is 0 Å². The summed E-state index contributed by atoms with van der Waals surface area (Å²) in [6, 6.07) is 0. The Morgan fingerprint density at radius 2 is 2.44 bits per heavy atom. The molecule has 4 nitrogen and oxygen atoms in total. The smallest absolute Gasteiger partial charge is 0.304 e. The first-order chi connectivity index (χ1) is 7.50. The van der Waals surface area contributed by atoms with E-state index in [0.29, 0.717) is 11.7 Å². The highest BCUT2D eigenvalue weighted by Crippen LogP contribution is 2.44. The number of rotatable bonds is 3. The Labute approximate surface area is 99.0 Å². The van der Waals surface area contributed by atoms with Crippen molar-refractivity contribution in [1.29, 1.82) is 0 Å². The lowest BCUT2D eigenvalue weighted by molar-refractivity contribution is -0.138. The van der Waals surface area contributed by atoms with Gasteiger partial charge in [0.1, 0.15) is 5.15 Å². The van der Waals surface area contributed by atoms with Crippen molar-refractivity contribution in [2.24, 2.45) is 12.8 Å². The minimum absolute atomic E-state index is 0.0802. The van der Waals surface area contributed by atoms with E-state index >= 15 is 0 Å². The van der Waals surface area contributed by atoms with Crippen LogP contribution in [0.15, 0.2) is 6.20 Å². The third-order valence-electron chi connectivity index (χ3n) is 3.51. The number of halogens is 1. The number of aliphatic carboxylic acids is 1. The number of nitrogens with two attached hydrogens (primary N) is 1. The maximum absolute atomic E-state index is 10.9. The molecule has 0 spiro atoms. The van der Waals surface area contributed by atoms with Crippen LogP contribution in [0.2, 0.25) is 5.15 Å². The third-order valence-corrected chi connectivity index (χ3v) is 4.01. The largest absolute Gasteiger partial charge is 0.481 e. The fourth-order valence-corrected chi connectivity index (χ4v) is 2.85. The topological polar surface area (TPSA) is 68.2 Å². The number of aryl methyl sites for hydroxylation is 1. The summed E-state index contributed by atoms with van der Waals surface area (Å²) < 4.78 is 1.83. The zero-order valence-corrected chi connectivity index (χ0v) is 9.92. The number of carboxylic acid groups (broad SMARTS) is 1. The molecule has 1 aromatic heterocycles. The summed E-state index contributed by atoms with van der Waals surface area (Å²) in [4.78, 5) is 10.9. The van der Waals surface area contributed by atoms with Crippen molar-refractivity contribution in [3.8, 4) is 0 Å². The second-order valence-electron chi connectivity index (χ2n) is 4.48. The van der Waals surface area contributed by atoms with E-state index < -0.39 is 11.4 Å². The quantitative estimate of drug-likeness (QED) is 0.840. The molecular weight excluding hydrogens is 228 g/mol. The van der Waals surface area contributed by atoms with E-state index in [2.05, 4.69) is 0 Å². The van der Waals surface area contributed by atoms with Crippen LogP contribution in [0.4, 0.5) is 0 Å². The number of carboxylic acids is 1. The lowest BCUT2D eigenvalue weighted by Gasteiger charge is -2.25. The molecular formula is C11H15ClN2O2. The zero-order valence-electron chi connectivity index (χ0n) is 9.16. The van der Waals surface area contributed by atoms with Crippen LogP contribution in [0, 0.1) is 0 Å². The zero-order chi connectivity index (χ0) is 11.9. The summed E-state index contributed by atoms with van der Waals surface area (Å²) in [6.07, 6.45) is 3.60. The Hall–Kier alpha value is -1.00. The van der Waals surface area contributed by atoms with Crippen molar-refractivity contribution in [1.82, 2.24) is 4.57 Å². The molecule has 2 rings (SSSR count). The normalized spacial score (nSPS) is 23.4. The van der Waals surface area contributed by atoms with Crippen LogP contribution in [0.3, 0.4) is 0 Å². The van der Waals surface area contributed by atoms with Crippen LogP contribution in [-0.4, -0.2) is 22.2 Å². The maximum atomic E-state index is 10.9. The van der Waals surface area contributed by atoms with Crippen LogP contribution in [-0.2, 0) is 23.7 Å². The van der Waals surface area contributed by atoms with Gasteiger partial charge in [0, 0.05) is 25.2 Å². The fraction of sp³-hybridized carbons (Fsp3) is 0.545. The lowest BCUT2D eigenvalue weighted by atomic mass is 9.80. The highest BCUT2D eigenvalue weighted by atomic mass is 35.5. The van der Waals surface area contributed by atoms with Crippen molar-refractivity contribution < 1.29 is 9.90 Å². The second kappa shape index (κ2) is 3.79. The summed E-state index contributed by atoms with van der Waals surface area (Å²) in [5, 5.41) is 9.68. The van der Waals surface area contributed by atoms with Gasteiger partial charge in [0.15, 0.2) is 0 Å². The molecule has 88 valence electrons. The molecule has 3 N–H and O–H groups in total. The number of aromatic nitrogens is 1. The summed E-state index contributed by atoms with van der Waals surface area (Å²) in [5.74, 6) is -0.807. The van der Waals surface area contributed by atoms with Crippen molar-refractivity contribution in [3.63, 3.8) is 0 Å². The van der Waals surface area contributed by atoms with Crippen molar-refractivity contribution in [2.75, 3.05) is 6.54 Å². The van der Waals surface area contributed by atoms with Gasteiger partial charge in [0.2, 0.25) is 0 Å².